The fourth-order valence-electron chi connectivity index (χ4n) is 2.68. The molecule has 0 radical (unpaired) electrons. The van der Waals surface area contributed by atoms with Crippen LogP contribution in [0.3, 0.4) is 0 Å². The zero-order valence-corrected chi connectivity index (χ0v) is 9.89. The van der Waals surface area contributed by atoms with Crippen LogP contribution in [-0.4, -0.2) is 29.1 Å². The van der Waals surface area contributed by atoms with Gasteiger partial charge in [0.05, 0.1) is 0 Å². The summed E-state index contributed by atoms with van der Waals surface area (Å²) in [6.07, 6.45) is 4.65. The van der Waals surface area contributed by atoms with E-state index in [0.717, 1.165) is 24.1 Å². The minimum absolute atomic E-state index is 0.290. The molecule has 4 nitrogen and oxygen atoms in total. The summed E-state index contributed by atoms with van der Waals surface area (Å²) in [5.41, 5.74) is 0. The molecule has 2 aliphatic rings. The van der Waals surface area contributed by atoms with E-state index in [4.69, 9.17) is 4.55 Å². The number of hydrogen-bond donors (Lipinski definition) is 1. The SMILES string of the molecule is O=C(CS(=O)(=O)O)SC1CC2CCC1C2. The molecule has 0 aromatic rings. The molecule has 0 aromatic carbocycles. The van der Waals surface area contributed by atoms with Gasteiger partial charge in [0, 0.05) is 5.25 Å². The third kappa shape index (κ3) is 2.95. The van der Waals surface area contributed by atoms with Crippen LogP contribution in [-0.2, 0) is 14.9 Å². The Morgan fingerprint density at radius 1 is 1.33 bits per heavy atom. The van der Waals surface area contributed by atoms with Gasteiger partial charge in [0.15, 0.2) is 0 Å². The van der Waals surface area contributed by atoms with Crippen LogP contribution in [0.5, 0.6) is 0 Å². The molecule has 2 rings (SSSR count). The van der Waals surface area contributed by atoms with E-state index in [1.54, 1.807) is 0 Å². The van der Waals surface area contributed by atoms with Crippen molar-refractivity contribution in [3.8, 4) is 0 Å². The Balaban J connectivity index is 1.85. The molecule has 2 bridgehead atoms. The molecular weight excluding hydrogens is 236 g/mol. The van der Waals surface area contributed by atoms with Gasteiger partial charge in [-0.2, -0.15) is 8.42 Å². The van der Waals surface area contributed by atoms with Crippen molar-refractivity contribution in [2.45, 2.75) is 30.9 Å². The zero-order valence-electron chi connectivity index (χ0n) is 8.26. The van der Waals surface area contributed by atoms with E-state index in [1.165, 1.54) is 19.3 Å². The van der Waals surface area contributed by atoms with Crippen LogP contribution in [0, 0.1) is 11.8 Å². The van der Waals surface area contributed by atoms with Crippen molar-refractivity contribution in [2.75, 3.05) is 5.75 Å². The second-order valence-electron chi connectivity index (χ2n) is 4.43. The van der Waals surface area contributed by atoms with Gasteiger partial charge in [0.2, 0.25) is 5.12 Å². The van der Waals surface area contributed by atoms with Crippen LogP contribution >= 0.6 is 11.8 Å². The highest BCUT2D eigenvalue weighted by Crippen LogP contribution is 2.49. The number of rotatable bonds is 3. The molecule has 2 aliphatic carbocycles. The van der Waals surface area contributed by atoms with E-state index in [-0.39, 0.29) is 5.25 Å². The lowest BCUT2D eigenvalue weighted by atomic mass is 10.0. The molecule has 0 spiro atoms. The number of carbonyl (C=O) groups is 1. The molecule has 2 fully saturated rings. The summed E-state index contributed by atoms with van der Waals surface area (Å²) in [5.74, 6) is 0.585. The van der Waals surface area contributed by atoms with Crippen LogP contribution in [0.2, 0.25) is 0 Å². The Bertz CT molecular complexity index is 362. The summed E-state index contributed by atoms with van der Waals surface area (Å²) >= 11 is 1.12. The van der Waals surface area contributed by atoms with Gasteiger partial charge in [0.1, 0.15) is 5.75 Å². The largest absolute Gasteiger partial charge is 0.286 e. The van der Waals surface area contributed by atoms with Crippen molar-refractivity contribution in [2.24, 2.45) is 11.8 Å². The van der Waals surface area contributed by atoms with Crippen molar-refractivity contribution in [3.05, 3.63) is 0 Å². The van der Waals surface area contributed by atoms with Gasteiger partial charge < -0.3 is 0 Å². The van der Waals surface area contributed by atoms with Gasteiger partial charge >= 0.3 is 0 Å². The van der Waals surface area contributed by atoms with Crippen molar-refractivity contribution >= 4 is 27.0 Å². The Morgan fingerprint density at radius 3 is 2.53 bits per heavy atom. The number of fused-ring (bicyclic) bond motifs is 2. The Labute approximate surface area is 93.6 Å². The molecule has 0 aliphatic heterocycles. The fourth-order valence-corrected chi connectivity index (χ4v) is 4.85. The molecule has 86 valence electrons. The van der Waals surface area contributed by atoms with E-state index in [1.807, 2.05) is 0 Å². The highest BCUT2D eigenvalue weighted by atomic mass is 32.2. The van der Waals surface area contributed by atoms with Crippen LogP contribution in [0.15, 0.2) is 0 Å². The molecule has 15 heavy (non-hydrogen) atoms. The van der Waals surface area contributed by atoms with Crippen molar-refractivity contribution in [1.82, 2.24) is 0 Å². The topological polar surface area (TPSA) is 71.4 Å². The van der Waals surface area contributed by atoms with E-state index in [2.05, 4.69) is 0 Å². The Hall–Kier alpha value is -0.0700. The van der Waals surface area contributed by atoms with E-state index >= 15 is 0 Å². The summed E-state index contributed by atoms with van der Waals surface area (Å²) in [6.45, 7) is 0. The van der Waals surface area contributed by atoms with Gasteiger partial charge in [-0.25, -0.2) is 0 Å². The maximum Gasteiger partial charge on any atom is 0.272 e. The number of thioether (sulfide) groups is 1. The van der Waals surface area contributed by atoms with Crippen LogP contribution in [0.4, 0.5) is 0 Å². The first-order chi connectivity index (χ1) is 6.94. The third-order valence-corrected chi connectivity index (χ3v) is 5.35. The van der Waals surface area contributed by atoms with E-state index in [9.17, 15) is 13.2 Å². The van der Waals surface area contributed by atoms with Gasteiger partial charge in [-0.1, -0.05) is 18.2 Å². The quantitative estimate of drug-likeness (QED) is 0.765. The molecular formula is C9H14O4S2. The second kappa shape index (κ2) is 4.07. The fraction of sp³-hybridized carbons (Fsp3) is 0.889. The van der Waals surface area contributed by atoms with Crippen LogP contribution in [0.25, 0.3) is 0 Å². The van der Waals surface area contributed by atoms with Gasteiger partial charge in [0.25, 0.3) is 10.1 Å². The maximum atomic E-state index is 11.3. The molecule has 3 atom stereocenters. The summed E-state index contributed by atoms with van der Waals surface area (Å²) in [4.78, 5) is 11.3. The number of hydrogen-bond acceptors (Lipinski definition) is 4. The molecule has 0 heterocycles. The highest BCUT2D eigenvalue weighted by Gasteiger charge is 2.40. The average molecular weight is 250 g/mol. The molecule has 0 aromatic heterocycles. The molecule has 2 saturated carbocycles. The normalized spacial score (nSPS) is 34.6. The summed E-state index contributed by atoms with van der Waals surface area (Å²) in [5, 5.41) is -0.131. The second-order valence-corrected chi connectivity index (χ2v) is 7.18. The smallest absolute Gasteiger partial charge is 0.272 e. The van der Waals surface area contributed by atoms with Gasteiger partial charge in [-0.05, 0) is 31.1 Å². The number of carbonyl (C=O) groups excluding carboxylic acids is 1. The van der Waals surface area contributed by atoms with E-state index in [0.29, 0.717) is 5.92 Å². The van der Waals surface area contributed by atoms with Gasteiger partial charge in [-0.15, -0.1) is 0 Å². The first kappa shape index (κ1) is 11.4. The van der Waals surface area contributed by atoms with Crippen LogP contribution < -0.4 is 0 Å². The van der Waals surface area contributed by atoms with Crippen LogP contribution in [0.1, 0.15) is 25.7 Å². The molecule has 1 N–H and O–H groups in total. The minimum Gasteiger partial charge on any atom is -0.286 e. The lowest BCUT2D eigenvalue weighted by Crippen LogP contribution is -2.19. The maximum absolute atomic E-state index is 11.3. The predicted octanol–water partition coefficient (Wildman–Crippen LogP) is 1.32. The summed E-state index contributed by atoms with van der Waals surface area (Å²) in [7, 11) is -4.15. The van der Waals surface area contributed by atoms with Gasteiger partial charge in [-0.3, -0.25) is 9.35 Å². The Kier molecular flexibility index (Phi) is 3.10. The molecule has 3 unspecified atom stereocenters. The Morgan fingerprint density at radius 2 is 2.07 bits per heavy atom. The molecule has 6 heteroatoms. The lowest BCUT2D eigenvalue weighted by molar-refractivity contribution is -0.108. The third-order valence-electron chi connectivity index (χ3n) is 3.26. The van der Waals surface area contributed by atoms with E-state index < -0.39 is 21.0 Å². The lowest BCUT2D eigenvalue weighted by Gasteiger charge is -2.19. The monoisotopic (exact) mass is 250 g/mol. The standard InChI is InChI=1S/C9H14O4S2/c10-9(5-15(11,12)13)14-8-4-6-1-2-7(8)3-6/h6-8H,1-5H2,(H,11,12,13). The first-order valence-electron chi connectivity index (χ1n) is 5.08. The average Bonchev–Trinajstić information content (AvgIpc) is 2.60. The van der Waals surface area contributed by atoms with Crippen molar-refractivity contribution in [1.29, 1.82) is 0 Å². The summed E-state index contributed by atoms with van der Waals surface area (Å²) in [6, 6.07) is 0. The molecule has 0 amide bonds. The predicted molar refractivity (Wildman–Crippen MR) is 58.2 cm³/mol. The first-order valence-corrected chi connectivity index (χ1v) is 7.57. The summed E-state index contributed by atoms with van der Waals surface area (Å²) < 4.78 is 29.5. The molecule has 0 saturated heterocycles. The minimum atomic E-state index is -4.15. The highest BCUT2D eigenvalue weighted by molar-refractivity contribution is 8.15. The van der Waals surface area contributed by atoms with Crippen molar-refractivity contribution in [3.63, 3.8) is 0 Å². The zero-order chi connectivity index (χ0) is 11.1. The van der Waals surface area contributed by atoms with Crippen molar-refractivity contribution < 1.29 is 17.8 Å².